The topological polar surface area (TPSA) is 208 Å². The van der Waals surface area contributed by atoms with Crippen LogP contribution in [0.15, 0.2) is 65.2 Å². The van der Waals surface area contributed by atoms with Gasteiger partial charge < -0.3 is 39.8 Å². The van der Waals surface area contributed by atoms with Crippen molar-refractivity contribution in [1.29, 1.82) is 0 Å². The molecule has 0 aliphatic heterocycles. The van der Waals surface area contributed by atoms with Crippen molar-refractivity contribution in [3.63, 3.8) is 0 Å². The number of unbranched alkanes of at least 4 members (excludes halogenated alkanes) is 7. The molecule has 0 aliphatic carbocycles. The van der Waals surface area contributed by atoms with Gasteiger partial charge in [0.1, 0.15) is 18.1 Å². The van der Waals surface area contributed by atoms with Gasteiger partial charge in [0.15, 0.2) is 6.10 Å². The van der Waals surface area contributed by atoms with Crippen molar-refractivity contribution in [3.8, 4) is 0 Å². The summed E-state index contributed by atoms with van der Waals surface area (Å²) in [6.07, 6.45) is 26.3. The van der Waals surface area contributed by atoms with Crippen LogP contribution >= 0.6 is 7.82 Å². The number of rotatable bonds is 35. The fourth-order valence-electron chi connectivity index (χ4n) is 5.90. The van der Waals surface area contributed by atoms with Gasteiger partial charge in [0.2, 0.25) is 0 Å². The lowest BCUT2D eigenvalue weighted by Crippen LogP contribution is -2.30. The molecule has 0 amide bonds. The Morgan fingerprint density at radius 1 is 0.746 bits per heavy atom. The number of carbonyl (C=O) groups excluding carboxylic acids is 2. The van der Waals surface area contributed by atoms with Crippen LogP contribution in [0.3, 0.4) is 0 Å². The first-order valence-corrected chi connectivity index (χ1v) is 22.9. The highest BCUT2D eigenvalue weighted by Crippen LogP contribution is 2.43. The number of phosphoric acid groups is 1. The Morgan fingerprint density at radius 2 is 1.34 bits per heavy atom. The predicted octanol–water partition coefficient (Wildman–Crippen LogP) is 8.28. The van der Waals surface area contributed by atoms with Crippen LogP contribution < -0.4 is 5.73 Å². The standard InChI is InChI=1S/C45H74NO12P/c1-5-7-18-25-38(47)26-19-14-12-13-15-20-27-40(48)41(49)28-23-31-45(51)57-39(35-56-59(52,53)55-33-32-46)34-54-44(50)30-22-17-11-9-8-10-16-21-29-43-37(4)36(3)42(58-43)24-6-2/h7,12-15,18-20,26-27,38-41,47-49H,5-6,8-11,16-17,21-25,28-35,46H2,1-4H3,(H,52,53)/b14-12+,15-13-,18-7-,26-19+,27-20-/t38-,39+,40+,41+/m0/s1. The first-order chi connectivity index (χ1) is 28.3. The molecule has 5 atom stereocenters. The molecule has 0 saturated heterocycles. The number of esters is 2. The molecule has 0 radical (unpaired) electrons. The smallest absolute Gasteiger partial charge is 0.466 e. The maximum absolute atomic E-state index is 12.6. The summed E-state index contributed by atoms with van der Waals surface area (Å²) in [5, 5.41) is 30.4. The molecule has 0 spiro atoms. The lowest BCUT2D eigenvalue weighted by molar-refractivity contribution is -0.161. The lowest BCUT2D eigenvalue weighted by atomic mass is 10.0. The first-order valence-electron chi connectivity index (χ1n) is 21.5. The van der Waals surface area contributed by atoms with Gasteiger partial charge in [0.25, 0.3) is 0 Å². The van der Waals surface area contributed by atoms with Gasteiger partial charge in [-0.05, 0) is 69.9 Å². The summed E-state index contributed by atoms with van der Waals surface area (Å²) >= 11 is 0. The molecule has 1 aromatic rings. The highest BCUT2D eigenvalue weighted by molar-refractivity contribution is 7.47. The summed E-state index contributed by atoms with van der Waals surface area (Å²) in [5.74, 6) is 1.06. The number of phosphoric ester groups is 1. The summed E-state index contributed by atoms with van der Waals surface area (Å²) in [7, 11) is -4.49. The van der Waals surface area contributed by atoms with E-state index in [1.165, 1.54) is 17.2 Å². The van der Waals surface area contributed by atoms with Crippen molar-refractivity contribution in [2.45, 2.75) is 161 Å². The van der Waals surface area contributed by atoms with Gasteiger partial charge in [-0.1, -0.05) is 113 Å². The summed E-state index contributed by atoms with van der Waals surface area (Å²) in [6, 6.07) is 0. The third kappa shape index (κ3) is 27.4. The van der Waals surface area contributed by atoms with Crippen molar-refractivity contribution in [3.05, 3.63) is 83.4 Å². The van der Waals surface area contributed by atoms with E-state index < -0.39 is 50.8 Å². The molecule has 13 nitrogen and oxygen atoms in total. The van der Waals surface area contributed by atoms with Gasteiger partial charge in [-0.25, -0.2) is 4.57 Å². The SMILES string of the molecule is CC/C=C\C[C@H](O)/C=C/C=C/C=C\C=C/[C@@H](O)[C@H](O)CCCC(=O)O[C@H](COC(=O)CCCCCCCCCCc1oc(CCC)c(C)c1C)COP(=O)(O)OCCN. The summed E-state index contributed by atoms with van der Waals surface area (Å²) in [4.78, 5) is 35.0. The molecule has 0 aromatic carbocycles. The average Bonchev–Trinajstić information content (AvgIpc) is 3.47. The molecule has 1 rings (SSSR count). The van der Waals surface area contributed by atoms with Gasteiger partial charge in [0.05, 0.1) is 31.5 Å². The van der Waals surface area contributed by atoms with Crippen molar-refractivity contribution in [2.75, 3.05) is 26.4 Å². The van der Waals surface area contributed by atoms with Crippen LogP contribution in [-0.4, -0.2) is 82.9 Å². The number of hydrogen-bond donors (Lipinski definition) is 5. The van der Waals surface area contributed by atoms with Gasteiger partial charge in [-0.15, -0.1) is 0 Å². The highest BCUT2D eigenvalue weighted by atomic mass is 31.2. The number of carbonyl (C=O) groups is 2. The Hall–Kier alpha value is -3.13. The largest absolute Gasteiger partial charge is 0.472 e. The second-order valence-corrected chi connectivity index (χ2v) is 16.1. The fraction of sp³-hybridized carbons (Fsp3) is 0.644. The zero-order valence-corrected chi connectivity index (χ0v) is 36.9. The minimum atomic E-state index is -4.49. The number of aliphatic hydroxyl groups is 3. The van der Waals surface area contributed by atoms with E-state index in [-0.39, 0.29) is 45.4 Å². The van der Waals surface area contributed by atoms with E-state index in [4.69, 9.17) is 28.7 Å². The Morgan fingerprint density at radius 3 is 1.98 bits per heavy atom. The number of hydrogen-bond acceptors (Lipinski definition) is 12. The monoisotopic (exact) mass is 851 g/mol. The van der Waals surface area contributed by atoms with Crippen molar-refractivity contribution < 1.29 is 57.3 Å². The molecule has 1 aromatic heterocycles. The van der Waals surface area contributed by atoms with E-state index >= 15 is 0 Å². The van der Waals surface area contributed by atoms with Crippen molar-refractivity contribution in [1.82, 2.24) is 0 Å². The molecule has 14 heteroatoms. The molecular weight excluding hydrogens is 777 g/mol. The normalized spacial score (nSPS) is 15.5. The quantitative estimate of drug-likeness (QED) is 0.0143. The number of aliphatic hydroxyl groups excluding tert-OH is 3. The van der Waals surface area contributed by atoms with Crippen molar-refractivity contribution in [2.24, 2.45) is 5.73 Å². The molecule has 1 heterocycles. The molecular formula is C45H74NO12P. The molecule has 0 fully saturated rings. The maximum Gasteiger partial charge on any atom is 0.472 e. The lowest BCUT2D eigenvalue weighted by Gasteiger charge is -2.20. The van der Waals surface area contributed by atoms with Gasteiger partial charge in [0, 0.05) is 32.2 Å². The molecule has 1 unspecified atom stereocenters. The molecule has 336 valence electrons. The fourth-order valence-corrected chi connectivity index (χ4v) is 6.67. The van der Waals surface area contributed by atoms with E-state index in [0.717, 1.165) is 82.1 Å². The summed E-state index contributed by atoms with van der Waals surface area (Å²) in [6.45, 7) is 7.30. The Labute approximate surface area is 353 Å². The number of aryl methyl sites for hydroxylation is 2. The molecule has 0 bridgehead atoms. The third-order valence-electron chi connectivity index (χ3n) is 9.43. The molecule has 6 N–H and O–H groups in total. The van der Waals surface area contributed by atoms with Crippen LogP contribution in [0.2, 0.25) is 0 Å². The Kier molecular flexibility index (Phi) is 30.7. The van der Waals surface area contributed by atoms with Crippen LogP contribution in [0, 0.1) is 13.8 Å². The predicted molar refractivity (Wildman–Crippen MR) is 232 cm³/mol. The van der Waals surface area contributed by atoms with E-state index in [2.05, 4.69) is 20.8 Å². The molecule has 0 saturated carbocycles. The van der Waals surface area contributed by atoms with Crippen LogP contribution in [0.4, 0.5) is 0 Å². The zero-order chi connectivity index (χ0) is 43.7. The second-order valence-electron chi connectivity index (χ2n) is 14.6. The van der Waals surface area contributed by atoms with Crippen LogP contribution in [-0.2, 0) is 45.5 Å². The van der Waals surface area contributed by atoms with Gasteiger partial charge >= 0.3 is 19.8 Å². The van der Waals surface area contributed by atoms with Crippen LogP contribution in [0.25, 0.3) is 0 Å². The number of allylic oxidation sites excluding steroid dienone is 7. The number of ether oxygens (including phenoxy) is 2. The van der Waals surface area contributed by atoms with Gasteiger partial charge in [-0.3, -0.25) is 18.6 Å². The molecule has 59 heavy (non-hydrogen) atoms. The number of furan rings is 1. The number of nitrogens with two attached hydrogens (primary N) is 1. The minimum absolute atomic E-state index is 0.0116. The highest BCUT2D eigenvalue weighted by Gasteiger charge is 2.26. The van der Waals surface area contributed by atoms with E-state index in [9.17, 15) is 34.4 Å². The van der Waals surface area contributed by atoms with E-state index in [1.54, 1.807) is 42.5 Å². The minimum Gasteiger partial charge on any atom is -0.466 e. The Bertz CT molecular complexity index is 1480. The third-order valence-corrected chi connectivity index (χ3v) is 10.4. The Balaban J connectivity index is 2.40. The first kappa shape index (κ1) is 53.9. The summed E-state index contributed by atoms with van der Waals surface area (Å²) < 4.78 is 38.7. The zero-order valence-electron chi connectivity index (χ0n) is 36.0. The van der Waals surface area contributed by atoms with E-state index in [0.29, 0.717) is 12.8 Å². The van der Waals surface area contributed by atoms with Crippen LogP contribution in [0.1, 0.15) is 133 Å². The van der Waals surface area contributed by atoms with Crippen molar-refractivity contribution >= 4 is 19.8 Å². The van der Waals surface area contributed by atoms with Gasteiger partial charge in [-0.2, -0.15) is 0 Å². The van der Waals surface area contributed by atoms with Crippen LogP contribution in [0.5, 0.6) is 0 Å². The van der Waals surface area contributed by atoms with E-state index in [1.807, 2.05) is 19.1 Å². The second kappa shape index (κ2) is 33.6. The average molecular weight is 852 g/mol. The molecule has 0 aliphatic rings. The maximum atomic E-state index is 12.6. The summed E-state index contributed by atoms with van der Waals surface area (Å²) in [5.41, 5.74) is 7.91.